The lowest BCUT2D eigenvalue weighted by Gasteiger charge is -2.32. The van der Waals surface area contributed by atoms with E-state index < -0.39 is 0 Å². The molecule has 0 spiro atoms. The lowest BCUT2D eigenvalue weighted by atomic mass is 10.1. The van der Waals surface area contributed by atoms with Crippen LogP contribution < -0.4 is 10.4 Å². The monoisotopic (exact) mass is 607 g/mol. The molecule has 4 aromatic rings. The number of aromatic nitrogens is 5. The number of rotatable bonds is 10. The van der Waals surface area contributed by atoms with E-state index in [9.17, 15) is 10.1 Å². The number of piperazine rings is 1. The lowest BCUT2D eigenvalue weighted by Crippen LogP contribution is -2.49. The number of fused-ring (bicyclic) bond motifs is 1. The molecule has 2 aliphatic rings. The maximum absolute atomic E-state index is 13.8. The van der Waals surface area contributed by atoms with E-state index in [0.717, 1.165) is 76.2 Å². The van der Waals surface area contributed by atoms with E-state index in [2.05, 4.69) is 72.5 Å². The number of likely N-dealkylation sites (N-methyl/N-ethyl adjacent to an activating group) is 2. The van der Waals surface area contributed by atoms with E-state index in [1.807, 2.05) is 30.8 Å². The van der Waals surface area contributed by atoms with Gasteiger partial charge in [0.2, 0.25) is 5.82 Å². The highest BCUT2D eigenvalue weighted by Gasteiger charge is 2.30. The van der Waals surface area contributed by atoms with Crippen LogP contribution in [0.4, 0.5) is 5.82 Å². The summed E-state index contributed by atoms with van der Waals surface area (Å²) >= 11 is 0. The Bertz CT molecular complexity index is 1660. The average Bonchev–Trinajstić information content (AvgIpc) is 3.74. The molecule has 1 saturated carbocycles. The van der Waals surface area contributed by atoms with Crippen LogP contribution in [-0.4, -0.2) is 105 Å². The topological polar surface area (TPSA) is 122 Å². The summed E-state index contributed by atoms with van der Waals surface area (Å²) in [7, 11) is 6.18. The molecule has 1 aliphatic carbocycles. The molecule has 0 bridgehead atoms. The van der Waals surface area contributed by atoms with Crippen molar-refractivity contribution in [2.24, 2.45) is 0 Å². The Labute approximate surface area is 264 Å². The van der Waals surface area contributed by atoms with Gasteiger partial charge in [0.05, 0.1) is 18.1 Å². The third kappa shape index (κ3) is 7.12. The van der Waals surface area contributed by atoms with Crippen molar-refractivity contribution in [2.45, 2.75) is 44.8 Å². The molecular weight excluding hydrogens is 566 g/mol. The molecule has 1 aliphatic heterocycles. The zero-order valence-electron chi connectivity index (χ0n) is 26.4. The Morgan fingerprint density at radius 1 is 1.02 bits per heavy atom. The number of pyridine rings is 1. The fourth-order valence-corrected chi connectivity index (χ4v) is 6.03. The number of hydrogen-bond donors (Lipinski definition) is 1. The molecule has 0 unspecified atom stereocenters. The molecule has 3 aromatic heterocycles. The molecule has 2 fully saturated rings. The van der Waals surface area contributed by atoms with Crippen LogP contribution in [0, 0.1) is 11.3 Å². The quantitative estimate of drug-likeness (QED) is 0.269. The highest BCUT2D eigenvalue weighted by molar-refractivity contribution is 5.95. The number of carbonyl (C=O) groups excluding carboxylic acids is 1. The molecule has 1 aromatic carbocycles. The predicted molar refractivity (Wildman–Crippen MR) is 173 cm³/mol. The van der Waals surface area contributed by atoms with Gasteiger partial charge in [-0.05, 0) is 51.7 Å². The molecule has 4 heterocycles. The van der Waals surface area contributed by atoms with Crippen molar-refractivity contribution in [2.75, 3.05) is 58.9 Å². The summed E-state index contributed by atoms with van der Waals surface area (Å²) < 4.78 is 1.93. The number of carbonyl (C=O) groups is 1. The second kappa shape index (κ2) is 13.7. The average molecular weight is 608 g/mol. The number of nitrogens with one attached hydrogen (secondary N) is 1. The number of nitrogens with zero attached hydrogens (tertiary/aromatic N) is 10. The molecule has 0 atom stereocenters. The number of hydrazine groups is 1. The van der Waals surface area contributed by atoms with Crippen LogP contribution in [0.3, 0.4) is 0 Å². The van der Waals surface area contributed by atoms with Crippen molar-refractivity contribution >= 4 is 22.9 Å². The summed E-state index contributed by atoms with van der Waals surface area (Å²) in [5, 5.41) is 11.6. The fourth-order valence-electron chi connectivity index (χ4n) is 6.03. The molecule has 1 N–H and O–H groups in total. The van der Waals surface area contributed by atoms with Gasteiger partial charge in [0.1, 0.15) is 11.8 Å². The van der Waals surface area contributed by atoms with Gasteiger partial charge < -0.3 is 14.4 Å². The second-order valence-electron chi connectivity index (χ2n) is 12.3. The molecule has 6 rings (SSSR count). The first kappa shape index (κ1) is 30.6. The van der Waals surface area contributed by atoms with Crippen LogP contribution in [0.1, 0.15) is 47.6 Å². The largest absolute Gasteiger partial charge is 0.314 e. The van der Waals surface area contributed by atoms with Crippen LogP contribution >= 0.6 is 0 Å². The van der Waals surface area contributed by atoms with Crippen LogP contribution in [0.25, 0.3) is 22.4 Å². The zero-order valence-corrected chi connectivity index (χ0v) is 26.4. The minimum Gasteiger partial charge on any atom is -0.314 e. The van der Waals surface area contributed by atoms with Crippen molar-refractivity contribution in [1.29, 1.82) is 5.26 Å². The van der Waals surface area contributed by atoms with E-state index >= 15 is 0 Å². The summed E-state index contributed by atoms with van der Waals surface area (Å²) in [6, 6.07) is 16.1. The highest BCUT2D eigenvalue weighted by Crippen LogP contribution is 2.30. The predicted octanol–water partition coefficient (Wildman–Crippen LogP) is 3.16. The molecule has 234 valence electrons. The minimum atomic E-state index is -0.340. The lowest BCUT2D eigenvalue weighted by molar-refractivity contribution is 0.0939. The van der Waals surface area contributed by atoms with E-state index in [1.165, 1.54) is 5.56 Å². The SMILES string of the molecule is CN(C)CCn1cnc2c(N(NC(=O)c3cccc(-c4ccc(CN5CCN(C)CC5)cc4)n3)C3CCCC3)nc(C#N)nc21. The maximum atomic E-state index is 13.8. The maximum Gasteiger partial charge on any atom is 0.288 e. The van der Waals surface area contributed by atoms with E-state index in [0.29, 0.717) is 29.2 Å². The second-order valence-corrected chi connectivity index (χ2v) is 12.3. The van der Waals surface area contributed by atoms with Crippen LogP contribution in [0.15, 0.2) is 48.8 Å². The Hall–Kier alpha value is -4.44. The third-order valence-electron chi connectivity index (χ3n) is 8.71. The van der Waals surface area contributed by atoms with E-state index in [4.69, 9.17) is 4.98 Å². The Balaban J connectivity index is 1.24. The van der Waals surface area contributed by atoms with Crippen molar-refractivity contribution in [1.82, 2.24) is 44.6 Å². The first-order valence-electron chi connectivity index (χ1n) is 15.7. The summed E-state index contributed by atoms with van der Waals surface area (Å²) in [4.78, 5) is 39.1. The number of nitriles is 1. The smallest absolute Gasteiger partial charge is 0.288 e. The normalized spacial score (nSPS) is 16.3. The first-order chi connectivity index (χ1) is 21.9. The standard InChI is InChI=1S/C33H41N11O/c1-40(2)15-20-43-23-35-30-31(43)37-29(21-34)38-32(30)44(26-7-4-5-8-26)39-33(45)28-10-6-9-27(36-28)25-13-11-24(12-14-25)22-42-18-16-41(3)17-19-42/h6,9-14,23,26H,4-5,7-8,15-20,22H2,1-3H3,(H,39,45). The first-order valence-corrected chi connectivity index (χ1v) is 15.7. The molecule has 0 radical (unpaired) electrons. The van der Waals surface area contributed by atoms with Crippen LogP contribution in [0.5, 0.6) is 0 Å². The Morgan fingerprint density at radius 2 is 1.78 bits per heavy atom. The minimum absolute atomic E-state index is 0.0153. The van der Waals surface area contributed by atoms with Crippen molar-refractivity contribution in [3.05, 3.63) is 65.9 Å². The van der Waals surface area contributed by atoms with Gasteiger partial charge in [-0.1, -0.05) is 43.2 Å². The summed E-state index contributed by atoms with van der Waals surface area (Å²) in [6.07, 6.45) is 5.61. The molecule has 45 heavy (non-hydrogen) atoms. The van der Waals surface area contributed by atoms with Gasteiger partial charge in [-0.2, -0.15) is 15.2 Å². The number of hydrogen-bond acceptors (Lipinski definition) is 10. The van der Waals surface area contributed by atoms with Gasteiger partial charge in [-0.15, -0.1) is 0 Å². The van der Waals surface area contributed by atoms with Gasteiger partial charge >= 0.3 is 0 Å². The summed E-state index contributed by atoms with van der Waals surface area (Å²) in [6.45, 7) is 6.72. The van der Waals surface area contributed by atoms with Gasteiger partial charge in [-0.3, -0.25) is 20.1 Å². The number of imidazole rings is 1. The molecule has 12 heteroatoms. The van der Waals surface area contributed by atoms with E-state index in [1.54, 1.807) is 17.4 Å². The van der Waals surface area contributed by atoms with Gasteiger partial charge in [-0.25, -0.2) is 9.97 Å². The highest BCUT2D eigenvalue weighted by atomic mass is 16.2. The zero-order chi connectivity index (χ0) is 31.3. The molecule has 1 amide bonds. The molecule has 1 saturated heterocycles. The van der Waals surface area contributed by atoms with Crippen molar-refractivity contribution in [3.63, 3.8) is 0 Å². The third-order valence-corrected chi connectivity index (χ3v) is 8.71. The van der Waals surface area contributed by atoms with E-state index in [-0.39, 0.29) is 17.8 Å². The molecular formula is C33H41N11O. The number of benzene rings is 1. The summed E-state index contributed by atoms with van der Waals surface area (Å²) in [5.41, 5.74) is 7.49. The fraction of sp³-hybridized carbons (Fsp3) is 0.455. The van der Waals surface area contributed by atoms with Crippen LogP contribution in [-0.2, 0) is 13.1 Å². The van der Waals surface area contributed by atoms with Gasteiger partial charge in [0, 0.05) is 51.4 Å². The number of anilines is 1. The van der Waals surface area contributed by atoms with Crippen molar-refractivity contribution in [3.8, 4) is 17.3 Å². The number of amides is 1. The Kier molecular flexibility index (Phi) is 9.30. The Morgan fingerprint density at radius 3 is 2.49 bits per heavy atom. The van der Waals surface area contributed by atoms with Crippen LogP contribution in [0.2, 0.25) is 0 Å². The van der Waals surface area contributed by atoms with Gasteiger partial charge in [0.25, 0.3) is 5.91 Å². The van der Waals surface area contributed by atoms with Gasteiger partial charge in [0.15, 0.2) is 17.0 Å². The van der Waals surface area contributed by atoms with Crippen molar-refractivity contribution < 1.29 is 4.79 Å². The molecule has 12 nitrogen and oxygen atoms in total. The summed E-state index contributed by atoms with van der Waals surface area (Å²) in [5.74, 6) is 0.137.